The molecule has 1 amide bonds. The van der Waals surface area contributed by atoms with Crippen molar-refractivity contribution in [1.29, 1.82) is 0 Å². The van der Waals surface area contributed by atoms with Crippen LogP contribution < -0.4 is 4.90 Å². The lowest BCUT2D eigenvalue weighted by atomic mass is 10.1. The molecule has 1 N–H and O–H groups in total. The van der Waals surface area contributed by atoms with Crippen LogP contribution in [0.1, 0.15) is 41.2 Å². The average Bonchev–Trinajstić information content (AvgIpc) is 3.17. The van der Waals surface area contributed by atoms with E-state index in [4.69, 9.17) is 4.74 Å². The highest BCUT2D eigenvalue weighted by Gasteiger charge is 2.24. The molecule has 1 atom stereocenters. The van der Waals surface area contributed by atoms with Crippen molar-refractivity contribution < 1.29 is 14.6 Å². The smallest absolute Gasteiger partial charge is 0.254 e. The number of amides is 1. The maximum absolute atomic E-state index is 12.9. The summed E-state index contributed by atoms with van der Waals surface area (Å²) in [5, 5.41) is 14.5. The summed E-state index contributed by atoms with van der Waals surface area (Å²) in [7, 11) is 0. The van der Waals surface area contributed by atoms with E-state index in [0.29, 0.717) is 37.3 Å². The third-order valence-corrected chi connectivity index (χ3v) is 5.32. The Balaban J connectivity index is 1.44. The fourth-order valence-corrected chi connectivity index (χ4v) is 3.65. The number of morpholine rings is 1. The number of aromatic nitrogens is 2. The summed E-state index contributed by atoms with van der Waals surface area (Å²) in [6, 6.07) is 9.76. The van der Waals surface area contributed by atoms with Gasteiger partial charge in [0.2, 0.25) is 0 Å². The first-order chi connectivity index (χ1) is 13.2. The zero-order chi connectivity index (χ0) is 18.8. The number of nitrogens with zero attached hydrogens (tertiary/aromatic N) is 4. The number of fused-ring (bicyclic) bond motifs is 1. The van der Waals surface area contributed by atoms with Crippen LogP contribution in [0, 0.1) is 0 Å². The Kier molecular flexibility index (Phi) is 5.13. The number of aliphatic hydroxyl groups excluding tert-OH is 1. The van der Waals surface area contributed by atoms with Crippen molar-refractivity contribution >= 4 is 11.6 Å². The number of ether oxygens (including phenoxy) is 1. The SMILES string of the molecule is CC[C@H](O)c1cc2n(n1)CCN(C(=O)c1ccc(N3CCOCC3)cc1)C2. The standard InChI is InChI=1S/C20H26N4O3/c1-2-19(25)18-13-17-14-23(7-8-24(17)21-18)20(26)15-3-5-16(6-4-15)22-9-11-27-12-10-22/h3-6,13,19,25H,2,7-12,14H2,1H3/t19-/m0/s1. The molecular weight excluding hydrogens is 344 g/mol. The largest absolute Gasteiger partial charge is 0.387 e. The van der Waals surface area contributed by atoms with Crippen molar-refractivity contribution in [3.05, 3.63) is 47.3 Å². The molecule has 4 rings (SSSR count). The molecule has 2 aromatic rings. The summed E-state index contributed by atoms with van der Waals surface area (Å²) >= 11 is 0. The maximum Gasteiger partial charge on any atom is 0.254 e. The van der Waals surface area contributed by atoms with E-state index in [-0.39, 0.29) is 5.91 Å². The second kappa shape index (κ2) is 7.70. The Morgan fingerprint density at radius 2 is 1.93 bits per heavy atom. The molecule has 144 valence electrons. The monoisotopic (exact) mass is 370 g/mol. The lowest BCUT2D eigenvalue weighted by molar-refractivity contribution is 0.0705. The molecule has 0 unspecified atom stereocenters. The van der Waals surface area contributed by atoms with Gasteiger partial charge in [0.1, 0.15) is 0 Å². The summed E-state index contributed by atoms with van der Waals surface area (Å²) in [5.41, 5.74) is 3.50. The van der Waals surface area contributed by atoms with Gasteiger partial charge in [0.15, 0.2) is 0 Å². The van der Waals surface area contributed by atoms with Crippen LogP contribution in [0.4, 0.5) is 5.69 Å². The molecule has 0 spiro atoms. The molecule has 0 saturated carbocycles. The van der Waals surface area contributed by atoms with E-state index in [0.717, 1.165) is 37.7 Å². The number of rotatable bonds is 4. The molecule has 1 aromatic carbocycles. The minimum atomic E-state index is -0.542. The van der Waals surface area contributed by atoms with Gasteiger partial charge in [0.25, 0.3) is 5.91 Å². The third-order valence-electron chi connectivity index (χ3n) is 5.32. The van der Waals surface area contributed by atoms with Crippen LogP contribution >= 0.6 is 0 Å². The predicted molar refractivity (Wildman–Crippen MR) is 102 cm³/mol. The number of hydrogen-bond acceptors (Lipinski definition) is 5. The summed E-state index contributed by atoms with van der Waals surface area (Å²) in [6.45, 7) is 7.00. The van der Waals surface area contributed by atoms with Gasteiger partial charge in [-0.2, -0.15) is 5.10 Å². The number of benzene rings is 1. The van der Waals surface area contributed by atoms with Crippen LogP contribution in [-0.4, -0.2) is 58.5 Å². The Bertz CT molecular complexity index is 796. The number of carbonyl (C=O) groups is 1. The molecule has 0 bridgehead atoms. The van der Waals surface area contributed by atoms with E-state index in [1.165, 1.54) is 0 Å². The molecule has 27 heavy (non-hydrogen) atoms. The first kappa shape index (κ1) is 18.0. The lowest BCUT2D eigenvalue weighted by Gasteiger charge is -2.29. The van der Waals surface area contributed by atoms with Gasteiger partial charge < -0.3 is 19.6 Å². The molecule has 1 fully saturated rings. The van der Waals surface area contributed by atoms with Crippen molar-refractivity contribution in [2.75, 3.05) is 37.7 Å². The van der Waals surface area contributed by atoms with Crippen molar-refractivity contribution in [1.82, 2.24) is 14.7 Å². The van der Waals surface area contributed by atoms with Gasteiger partial charge in [-0.25, -0.2) is 0 Å². The fraction of sp³-hybridized carbons (Fsp3) is 0.500. The van der Waals surface area contributed by atoms with Crippen molar-refractivity contribution in [3.8, 4) is 0 Å². The maximum atomic E-state index is 12.9. The molecule has 7 heteroatoms. The Morgan fingerprint density at radius 3 is 2.63 bits per heavy atom. The molecule has 1 saturated heterocycles. The minimum absolute atomic E-state index is 0.0357. The second-order valence-corrected chi connectivity index (χ2v) is 7.08. The van der Waals surface area contributed by atoms with E-state index in [2.05, 4.69) is 10.00 Å². The highest BCUT2D eigenvalue weighted by molar-refractivity contribution is 5.94. The number of hydrogen-bond donors (Lipinski definition) is 1. The number of carbonyl (C=O) groups excluding carboxylic acids is 1. The molecule has 2 aliphatic rings. The highest BCUT2D eigenvalue weighted by Crippen LogP contribution is 2.22. The van der Waals surface area contributed by atoms with E-state index in [1.54, 1.807) is 0 Å². The topological polar surface area (TPSA) is 70.8 Å². The van der Waals surface area contributed by atoms with Crippen LogP contribution in [0.2, 0.25) is 0 Å². The van der Waals surface area contributed by atoms with Crippen molar-refractivity contribution in [2.45, 2.75) is 32.5 Å². The average molecular weight is 370 g/mol. The lowest BCUT2D eigenvalue weighted by Crippen LogP contribution is -2.38. The van der Waals surface area contributed by atoms with Crippen LogP contribution in [0.5, 0.6) is 0 Å². The summed E-state index contributed by atoms with van der Waals surface area (Å²) < 4.78 is 7.29. The highest BCUT2D eigenvalue weighted by atomic mass is 16.5. The first-order valence-corrected chi connectivity index (χ1v) is 9.62. The van der Waals surface area contributed by atoms with Crippen LogP contribution in [0.3, 0.4) is 0 Å². The van der Waals surface area contributed by atoms with Crippen LogP contribution in [0.15, 0.2) is 30.3 Å². The quantitative estimate of drug-likeness (QED) is 0.889. The van der Waals surface area contributed by atoms with E-state index >= 15 is 0 Å². The zero-order valence-corrected chi connectivity index (χ0v) is 15.7. The van der Waals surface area contributed by atoms with Gasteiger partial charge in [-0.05, 0) is 36.8 Å². The van der Waals surface area contributed by atoms with Gasteiger partial charge in [-0.3, -0.25) is 9.48 Å². The van der Waals surface area contributed by atoms with Gasteiger partial charge in [-0.1, -0.05) is 6.92 Å². The van der Waals surface area contributed by atoms with E-state index < -0.39 is 6.10 Å². The Hall–Kier alpha value is -2.38. The predicted octanol–water partition coefficient (Wildman–Crippen LogP) is 1.82. The minimum Gasteiger partial charge on any atom is -0.387 e. The van der Waals surface area contributed by atoms with Gasteiger partial charge >= 0.3 is 0 Å². The number of aliphatic hydroxyl groups is 1. The van der Waals surface area contributed by atoms with Crippen LogP contribution in [0.25, 0.3) is 0 Å². The molecule has 0 aliphatic carbocycles. The van der Waals surface area contributed by atoms with E-state index in [1.807, 2.05) is 46.8 Å². The van der Waals surface area contributed by atoms with Gasteiger partial charge in [-0.15, -0.1) is 0 Å². The van der Waals surface area contributed by atoms with Gasteiger partial charge in [0, 0.05) is 30.9 Å². The molecule has 0 radical (unpaired) electrons. The van der Waals surface area contributed by atoms with Crippen LogP contribution in [-0.2, 0) is 17.8 Å². The zero-order valence-electron chi connectivity index (χ0n) is 15.7. The fourth-order valence-electron chi connectivity index (χ4n) is 3.65. The normalized spacial score (nSPS) is 18.3. The van der Waals surface area contributed by atoms with Crippen molar-refractivity contribution in [2.24, 2.45) is 0 Å². The molecule has 1 aromatic heterocycles. The Labute approximate surface area is 159 Å². The second-order valence-electron chi connectivity index (χ2n) is 7.08. The first-order valence-electron chi connectivity index (χ1n) is 9.62. The van der Waals surface area contributed by atoms with Gasteiger partial charge in [0.05, 0.1) is 43.8 Å². The molecular formula is C20H26N4O3. The van der Waals surface area contributed by atoms with Crippen molar-refractivity contribution in [3.63, 3.8) is 0 Å². The number of anilines is 1. The Morgan fingerprint density at radius 1 is 1.19 bits per heavy atom. The summed E-state index contributed by atoms with van der Waals surface area (Å²) in [5.74, 6) is 0.0357. The summed E-state index contributed by atoms with van der Waals surface area (Å²) in [6.07, 6.45) is 0.0918. The molecule has 3 heterocycles. The third kappa shape index (κ3) is 3.70. The summed E-state index contributed by atoms with van der Waals surface area (Å²) in [4.78, 5) is 17.0. The molecule has 2 aliphatic heterocycles. The van der Waals surface area contributed by atoms with E-state index in [9.17, 15) is 9.90 Å². The molecule has 7 nitrogen and oxygen atoms in total.